The predicted molar refractivity (Wildman–Crippen MR) is 79.4 cm³/mol. The summed E-state index contributed by atoms with van der Waals surface area (Å²) in [7, 11) is 1.85. The van der Waals surface area contributed by atoms with Gasteiger partial charge in [-0.15, -0.1) is 0 Å². The maximum atomic E-state index is 5.94. The monoisotopic (exact) mass is 275 g/mol. The summed E-state index contributed by atoms with van der Waals surface area (Å²) in [5.74, 6) is 2.30. The van der Waals surface area contributed by atoms with Crippen molar-refractivity contribution in [1.82, 2.24) is 10.5 Å². The van der Waals surface area contributed by atoms with E-state index < -0.39 is 0 Å². The fourth-order valence-electron chi connectivity index (χ4n) is 2.76. The molecule has 0 spiro atoms. The molecule has 5 nitrogen and oxygen atoms in total. The number of nitrogens with one attached hydrogen (secondary N) is 2. The zero-order valence-corrected chi connectivity index (χ0v) is 12.0. The van der Waals surface area contributed by atoms with Crippen molar-refractivity contribution < 1.29 is 9.26 Å². The Bertz CT molecular complexity index is 588. The number of aryl methyl sites for hydroxylation is 1. The maximum Gasteiger partial charge on any atom is 0.177 e. The molecule has 1 fully saturated rings. The van der Waals surface area contributed by atoms with Crippen LogP contribution in [-0.2, 0) is 0 Å². The van der Waals surface area contributed by atoms with Gasteiger partial charge in [0.05, 0.1) is 12.0 Å². The van der Waals surface area contributed by atoms with Gasteiger partial charge in [-0.1, -0.05) is 5.16 Å². The highest BCUT2D eigenvalue weighted by Gasteiger charge is 2.15. The smallest absolute Gasteiger partial charge is 0.177 e. The molecule has 1 aromatic heterocycles. The van der Waals surface area contributed by atoms with Gasteiger partial charge >= 0.3 is 0 Å². The standard InChI is InChI=1S/C15H21N3O2/c1-10-7-12(19-9-11-3-5-17-6-4-11)8-13-14(10)15(16-2)18-20-13/h7-8,11,17H,3-6,9H2,1-2H3,(H,16,18). The van der Waals surface area contributed by atoms with Crippen molar-refractivity contribution in [2.45, 2.75) is 19.8 Å². The van der Waals surface area contributed by atoms with Gasteiger partial charge in [0, 0.05) is 13.1 Å². The number of anilines is 1. The number of nitrogens with zero attached hydrogens (tertiary/aromatic N) is 1. The quantitative estimate of drug-likeness (QED) is 0.898. The Labute approximate surface area is 118 Å². The van der Waals surface area contributed by atoms with Crippen LogP contribution in [-0.4, -0.2) is 31.9 Å². The molecular weight excluding hydrogens is 254 g/mol. The van der Waals surface area contributed by atoms with Crippen LogP contribution in [0, 0.1) is 12.8 Å². The van der Waals surface area contributed by atoms with Crippen molar-refractivity contribution in [3.63, 3.8) is 0 Å². The third kappa shape index (κ3) is 2.58. The topological polar surface area (TPSA) is 59.3 Å². The van der Waals surface area contributed by atoms with Crippen molar-refractivity contribution in [3.05, 3.63) is 17.7 Å². The summed E-state index contributed by atoms with van der Waals surface area (Å²) < 4.78 is 11.3. The van der Waals surface area contributed by atoms with Gasteiger partial charge in [-0.2, -0.15) is 0 Å². The van der Waals surface area contributed by atoms with Crippen LogP contribution >= 0.6 is 0 Å². The van der Waals surface area contributed by atoms with Gasteiger partial charge in [0.25, 0.3) is 0 Å². The summed E-state index contributed by atoms with van der Waals surface area (Å²) >= 11 is 0. The number of fused-ring (bicyclic) bond motifs is 1. The summed E-state index contributed by atoms with van der Waals surface area (Å²) in [4.78, 5) is 0. The molecule has 20 heavy (non-hydrogen) atoms. The maximum absolute atomic E-state index is 5.94. The van der Waals surface area contributed by atoms with Crippen LogP contribution in [0.2, 0.25) is 0 Å². The lowest BCUT2D eigenvalue weighted by molar-refractivity contribution is 0.215. The van der Waals surface area contributed by atoms with Crippen LogP contribution in [0.15, 0.2) is 16.7 Å². The van der Waals surface area contributed by atoms with Gasteiger partial charge in [-0.05, 0) is 50.4 Å². The fraction of sp³-hybridized carbons (Fsp3) is 0.533. The second kappa shape index (κ2) is 5.71. The average Bonchev–Trinajstić information content (AvgIpc) is 2.90. The van der Waals surface area contributed by atoms with Crippen LogP contribution < -0.4 is 15.4 Å². The third-order valence-electron chi connectivity index (χ3n) is 3.93. The molecule has 2 N–H and O–H groups in total. The summed E-state index contributed by atoms with van der Waals surface area (Å²) in [5.41, 5.74) is 1.89. The zero-order valence-electron chi connectivity index (χ0n) is 12.0. The summed E-state index contributed by atoms with van der Waals surface area (Å²) in [6.45, 7) is 5.02. The van der Waals surface area contributed by atoms with Crippen LogP contribution in [0.5, 0.6) is 5.75 Å². The van der Waals surface area contributed by atoms with Crippen LogP contribution in [0.25, 0.3) is 11.0 Å². The predicted octanol–water partition coefficient (Wildman–Crippen LogP) is 2.56. The molecule has 0 saturated carbocycles. The Balaban J connectivity index is 1.75. The molecule has 5 heteroatoms. The fourth-order valence-corrected chi connectivity index (χ4v) is 2.76. The van der Waals surface area contributed by atoms with E-state index >= 15 is 0 Å². The Morgan fingerprint density at radius 2 is 2.20 bits per heavy atom. The van der Waals surface area contributed by atoms with Crippen molar-refractivity contribution in [2.75, 3.05) is 32.1 Å². The van der Waals surface area contributed by atoms with E-state index in [0.717, 1.165) is 47.8 Å². The van der Waals surface area contributed by atoms with Gasteiger partial charge < -0.3 is 19.9 Å². The lowest BCUT2D eigenvalue weighted by atomic mass is 9.99. The molecule has 3 rings (SSSR count). The lowest BCUT2D eigenvalue weighted by Crippen LogP contribution is -2.30. The molecular formula is C15H21N3O2. The van der Waals surface area contributed by atoms with E-state index in [4.69, 9.17) is 9.26 Å². The second-order valence-corrected chi connectivity index (χ2v) is 5.40. The average molecular weight is 275 g/mol. The Morgan fingerprint density at radius 1 is 1.40 bits per heavy atom. The number of aromatic nitrogens is 1. The molecule has 1 aliphatic rings. The largest absolute Gasteiger partial charge is 0.493 e. The molecule has 108 valence electrons. The highest BCUT2D eigenvalue weighted by Crippen LogP contribution is 2.30. The molecule has 1 aromatic carbocycles. The first-order valence-corrected chi connectivity index (χ1v) is 7.19. The second-order valence-electron chi connectivity index (χ2n) is 5.40. The molecule has 0 amide bonds. The van der Waals surface area contributed by atoms with Gasteiger partial charge in [0.2, 0.25) is 0 Å². The Kier molecular flexibility index (Phi) is 3.78. The van der Waals surface area contributed by atoms with Gasteiger partial charge in [0.15, 0.2) is 11.4 Å². The van der Waals surface area contributed by atoms with Gasteiger partial charge in [0.1, 0.15) is 5.75 Å². The SMILES string of the molecule is CNc1noc2cc(OCC3CCNCC3)cc(C)c12. The molecule has 0 bridgehead atoms. The zero-order chi connectivity index (χ0) is 13.9. The van der Waals surface area contributed by atoms with E-state index in [1.807, 2.05) is 13.1 Å². The first kappa shape index (κ1) is 13.2. The highest BCUT2D eigenvalue weighted by molar-refractivity contribution is 5.92. The van der Waals surface area contributed by atoms with Crippen molar-refractivity contribution in [2.24, 2.45) is 5.92 Å². The number of rotatable bonds is 4. The molecule has 0 radical (unpaired) electrons. The van der Waals surface area contributed by atoms with Crippen molar-refractivity contribution in [3.8, 4) is 5.75 Å². The van der Waals surface area contributed by atoms with Crippen molar-refractivity contribution in [1.29, 1.82) is 0 Å². The number of piperidine rings is 1. The van der Waals surface area contributed by atoms with E-state index in [9.17, 15) is 0 Å². The molecule has 1 aliphatic heterocycles. The van der Waals surface area contributed by atoms with E-state index in [1.165, 1.54) is 12.8 Å². The summed E-state index contributed by atoms with van der Waals surface area (Å²) in [6, 6.07) is 3.98. The minimum atomic E-state index is 0.648. The van der Waals surface area contributed by atoms with E-state index in [1.54, 1.807) is 0 Å². The number of ether oxygens (including phenoxy) is 1. The minimum Gasteiger partial charge on any atom is -0.493 e. The minimum absolute atomic E-state index is 0.648. The van der Waals surface area contributed by atoms with Gasteiger partial charge in [-0.3, -0.25) is 0 Å². The van der Waals surface area contributed by atoms with Crippen LogP contribution in [0.1, 0.15) is 18.4 Å². The van der Waals surface area contributed by atoms with E-state index in [2.05, 4.69) is 28.8 Å². The first-order valence-electron chi connectivity index (χ1n) is 7.19. The number of hydrogen-bond acceptors (Lipinski definition) is 5. The van der Waals surface area contributed by atoms with E-state index in [0.29, 0.717) is 5.92 Å². The molecule has 2 heterocycles. The molecule has 1 saturated heterocycles. The Hall–Kier alpha value is -1.75. The molecule has 0 aliphatic carbocycles. The van der Waals surface area contributed by atoms with Gasteiger partial charge in [-0.25, -0.2) is 0 Å². The first-order chi connectivity index (χ1) is 9.78. The molecule has 2 aromatic rings. The van der Waals surface area contributed by atoms with Crippen LogP contribution in [0.3, 0.4) is 0 Å². The molecule has 0 atom stereocenters. The third-order valence-corrected chi connectivity index (χ3v) is 3.93. The number of hydrogen-bond donors (Lipinski definition) is 2. The molecule has 0 unspecified atom stereocenters. The van der Waals surface area contributed by atoms with Crippen LogP contribution in [0.4, 0.5) is 5.82 Å². The lowest BCUT2D eigenvalue weighted by Gasteiger charge is -2.22. The highest BCUT2D eigenvalue weighted by atomic mass is 16.5. The summed E-state index contributed by atoms with van der Waals surface area (Å²) in [6.07, 6.45) is 2.38. The normalized spacial score (nSPS) is 16.5. The summed E-state index contributed by atoms with van der Waals surface area (Å²) in [5, 5.41) is 11.5. The van der Waals surface area contributed by atoms with E-state index in [-0.39, 0.29) is 0 Å². The van der Waals surface area contributed by atoms with Crippen molar-refractivity contribution >= 4 is 16.8 Å². The Morgan fingerprint density at radius 3 is 2.95 bits per heavy atom. The number of benzene rings is 1.